The van der Waals surface area contributed by atoms with E-state index in [0.29, 0.717) is 51.5 Å². The van der Waals surface area contributed by atoms with Crippen LogP contribution in [0.5, 0.6) is 0 Å². The number of carboxylic acid groups (broad SMARTS) is 1. The van der Waals surface area contributed by atoms with Crippen LogP contribution in [0.2, 0.25) is 0 Å². The molecule has 0 bridgehead atoms. The normalized spacial score (nSPS) is 19.1. The van der Waals surface area contributed by atoms with Gasteiger partial charge in [0.05, 0.1) is 12.6 Å². The first-order valence-electron chi connectivity index (χ1n) is 13.9. The minimum Gasteiger partial charge on any atom is -0.480 e. The highest BCUT2D eigenvalue weighted by atomic mass is 16.4. The summed E-state index contributed by atoms with van der Waals surface area (Å²) in [5.41, 5.74) is 11.7. The lowest BCUT2D eigenvalue weighted by atomic mass is 9.98. The highest BCUT2D eigenvalue weighted by Gasteiger charge is 2.39. The second-order valence-corrected chi connectivity index (χ2v) is 10.7. The molecule has 4 amide bonds. The van der Waals surface area contributed by atoms with Gasteiger partial charge in [-0.3, -0.25) is 19.2 Å². The Labute approximate surface area is 230 Å². The molecule has 0 aromatic carbocycles. The van der Waals surface area contributed by atoms with Crippen LogP contribution in [0.15, 0.2) is 0 Å². The van der Waals surface area contributed by atoms with Gasteiger partial charge in [-0.05, 0) is 56.9 Å². The Hall–Kier alpha value is -2.77. The van der Waals surface area contributed by atoms with Gasteiger partial charge in [-0.15, -0.1) is 0 Å². The third-order valence-electron chi connectivity index (χ3n) is 7.10. The number of hydrogen-bond donors (Lipinski definition) is 7. The number of nitrogens with zero attached hydrogens (tertiary/aromatic N) is 1. The zero-order valence-electron chi connectivity index (χ0n) is 23.7. The van der Waals surface area contributed by atoms with Crippen molar-refractivity contribution in [3.63, 3.8) is 0 Å². The Morgan fingerprint density at radius 1 is 0.974 bits per heavy atom. The summed E-state index contributed by atoms with van der Waals surface area (Å²) in [7, 11) is 0. The number of likely N-dealkylation sites (tertiary alicyclic amines) is 1. The Morgan fingerprint density at radius 2 is 1.62 bits per heavy atom. The summed E-state index contributed by atoms with van der Waals surface area (Å²) in [5.74, 6) is -3.57. The summed E-state index contributed by atoms with van der Waals surface area (Å²) in [5, 5.41) is 26.2. The van der Waals surface area contributed by atoms with Crippen LogP contribution >= 0.6 is 0 Å². The zero-order valence-corrected chi connectivity index (χ0v) is 23.7. The number of carbonyl (C=O) groups excluding carboxylic acids is 4. The number of hydrogen-bond acceptors (Lipinski definition) is 8. The molecule has 224 valence electrons. The standard InChI is InChI=1S/C26H48N6O7/c1-5-16(4)21(28)24(36)29-17(9-6-7-11-27)22(34)30-18(13-15(2)3)25(37)32-12-8-10-20(32)23(35)31-19(14-33)26(38)39/h15-21,33H,5-14,27-28H2,1-4H3,(H,29,36)(H,30,34)(H,31,35)(H,38,39)/t16-,17-,18-,19-,20-,21-/m0/s1. The fraction of sp³-hybridized carbons (Fsp3) is 0.808. The fourth-order valence-electron chi connectivity index (χ4n) is 4.46. The van der Waals surface area contributed by atoms with E-state index in [0.717, 1.165) is 0 Å². The van der Waals surface area contributed by atoms with Crippen molar-refractivity contribution in [3.8, 4) is 0 Å². The van der Waals surface area contributed by atoms with Crippen molar-refractivity contribution < 1.29 is 34.2 Å². The highest BCUT2D eigenvalue weighted by Crippen LogP contribution is 2.21. The van der Waals surface area contributed by atoms with Crippen LogP contribution in [-0.2, 0) is 24.0 Å². The van der Waals surface area contributed by atoms with Gasteiger partial charge in [0, 0.05) is 6.54 Å². The number of unbranched alkanes of at least 4 members (excludes halogenated alkanes) is 1. The maximum atomic E-state index is 13.6. The molecule has 0 aliphatic carbocycles. The van der Waals surface area contributed by atoms with Gasteiger partial charge in [-0.1, -0.05) is 34.1 Å². The first-order chi connectivity index (χ1) is 18.4. The molecule has 13 heteroatoms. The molecule has 0 radical (unpaired) electrons. The van der Waals surface area contributed by atoms with Crippen LogP contribution in [0, 0.1) is 11.8 Å². The molecule has 0 aromatic rings. The van der Waals surface area contributed by atoms with Gasteiger partial charge in [0.25, 0.3) is 0 Å². The van der Waals surface area contributed by atoms with E-state index in [1.165, 1.54) is 4.90 Å². The van der Waals surface area contributed by atoms with E-state index in [1.807, 2.05) is 27.7 Å². The predicted octanol–water partition coefficient (Wildman–Crippen LogP) is -0.943. The van der Waals surface area contributed by atoms with Gasteiger partial charge in [0.1, 0.15) is 24.2 Å². The third kappa shape index (κ3) is 10.7. The summed E-state index contributed by atoms with van der Waals surface area (Å²) in [6.07, 6.45) is 3.38. The molecule has 6 atom stereocenters. The summed E-state index contributed by atoms with van der Waals surface area (Å²) < 4.78 is 0. The molecular formula is C26H48N6O7. The number of nitrogens with one attached hydrogen (secondary N) is 3. The fourth-order valence-corrected chi connectivity index (χ4v) is 4.46. The quantitative estimate of drug-likeness (QED) is 0.110. The average Bonchev–Trinajstić information content (AvgIpc) is 3.38. The number of carboxylic acids is 1. The Kier molecular flexibility index (Phi) is 15.0. The molecule has 1 aliphatic heterocycles. The molecule has 0 spiro atoms. The van der Waals surface area contributed by atoms with Crippen LogP contribution in [0.3, 0.4) is 0 Å². The molecule has 1 aliphatic rings. The summed E-state index contributed by atoms with van der Waals surface area (Å²) in [6.45, 7) is 7.47. The van der Waals surface area contributed by atoms with E-state index in [2.05, 4.69) is 16.0 Å². The number of aliphatic carboxylic acids is 1. The van der Waals surface area contributed by atoms with Crippen molar-refractivity contribution in [1.29, 1.82) is 0 Å². The molecule has 1 heterocycles. The lowest BCUT2D eigenvalue weighted by Gasteiger charge is -2.31. The molecule has 1 fully saturated rings. The molecule has 1 rings (SSSR count). The van der Waals surface area contributed by atoms with Gasteiger partial charge in [0.2, 0.25) is 23.6 Å². The van der Waals surface area contributed by atoms with Gasteiger partial charge in [-0.2, -0.15) is 0 Å². The van der Waals surface area contributed by atoms with Crippen LogP contribution in [0.1, 0.15) is 72.6 Å². The molecule has 0 saturated carbocycles. The largest absolute Gasteiger partial charge is 0.480 e. The summed E-state index contributed by atoms with van der Waals surface area (Å²) in [4.78, 5) is 65.1. The van der Waals surface area contributed by atoms with Crippen molar-refractivity contribution in [3.05, 3.63) is 0 Å². The second kappa shape index (κ2) is 17.0. The van der Waals surface area contributed by atoms with Gasteiger partial charge < -0.3 is 42.5 Å². The van der Waals surface area contributed by atoms with Crippen molar-refractivity contribution in [2.75, 3.05) is 19.7 Å². The molecule has 1 saturated heterocycles. The van der Waals surface area contributed by atoms with E-state index in [-0.39, 0.29) is 18.4 Å². The zero-order chi connectivity index (χ0) is 29.7. The lowest BCUT2D eigenvalue weighted by Crippen LogP contribution is -2.59. The van der Waals surface area contributed by atoms with Crippen molar-refractivity contribution >= 4 is 29.6 Å². The molecular weight excluding hydrogens is 508 g/mol. The molecule has 0 unspecified atom stereocenters. The Bertz CT molecular complexity index is 840. The summed E-state index contributed by atoms with van der Waals surface area (Å²) in [6, 6.07) is -5.08. The van der Waals surface area contributed by atoms with Gasteiger partial charge >= 0.3 is 5.97 Å². The Balaban J connectivity index is 3.08. The number of aliphatic hydroxyl groups is 1. The molecule has 0 aromatic heterocycles. The smallest absolute Gasteiger partial charge is 0.328 e. The first kappa shape index (κ1) is 34.3. The molecule has 39 heavy (non-hydrogen) atoms. The highest BCUT2D eigenvalue weighted by molar-refractivity contribution is 5.95. The third-order valence-corrected chi connectivity index (χ3v) is 7.10. The Morgan fingerprint density at radius 3 is 2.15 bits per heavy atom. The van der Waals surface area contributed by atoms with Crippen molar-refractivity contribution in [2.45, 2.75) is 103 Å². The van der Waals surface area contributed by atoms with E-state index in [9.17, 15) is 29.1 Å². The van der Waals surface area contributed by atoms with Gasteiger partial charge in [0.15, 0.2) is 0 Å². The average molecular weight is 557 g/mol. The van der Waals surface area contributed by atoms with Crippen LogP contribution in [0.4, 0.5) is 0 Å². The second-order valence-electron chi connectivity index (χ2n) is 10.7. The topological polar surface area (TPSA) is 217 Å². The van der Waals surface area contributed by atoms with Gasteiger partial charge in [-0.25, -0.2) is 4.79 Å². The molecule has 9 N–H and O–H groups in total. The predicted molar refractivity (Wildman–Crippen MR) is 145 cm³/mol. The first-order valence-corrected chi connectivity index (χ1v) is 13.9. The maximum Gasteiger partial charge on any atom is 0.328 e. The van der Waals surface area contributed by atoms with Crippen molar-refractivity contribution in [2.24, 2.45) is 23.3 Å². The number of rotatable bonds is 17. The van der Waals surface area contributed by atoms with Crippen LogP contribution < -0.4 is 27.4 Å². The SMILES string of the molecule is CC[C@H](C)[C@H](N)C(=O)N[C@@H](CCCCN)C(=O)N[C@@H](CC(C)C)C(=O)N1CCC[C@H]1C(=O)N[C@@H](CO)C(=O)O. The summed E-state index contributed by atoms with van der Waals surface area (Å²) >= 11 is 0. The van der Waals surface area contributed by atoms with Crippen LogP contribution in [0.25, 0.3) is 0 Å². The minimum atomic E-state index is -1.49. The number of amides is 4. The number of carbonyl (C=O) groups is 5. The van der Waals surface area contributed by atoms with Crippen molar-refractivity contribution in [1.82, 2.24) is 20.9 Å². The van der Waals surface area contributed by atoms with E-state index in [1.54, 1.807) is 0 Å². The lowest BCUT2D eigenvalue weighted by molar-refractivity contribution is -0.145. The monoisotopic (exact) mass is 556 g/mol. The van der Waals surface area contributed by atoms with E-state index in [4.69, 9.17) is 16.6 Å². The number of nitrogens with two attached hydrogens (primary N) is 2. The minimum absolute atomic E-state index is 0.0176. The van der Waals surface area contributed by atoms with E-state index < -0.39 is 66.4 Å². The molecule has 13 nitrogen and oxygen atoms in total. The van der Waals surface area contributed by atoms with Crippen LogP contribution in [-0.4, -0.2) is 94.6 Å². The number of aliphatic hydroxyl groups excluding tert-OH is 1. The van der Waals surface area contributed by atoms with E-state index >= 15 is 0 Å². The maximum absolute atomic E-state index is 13.6.